The van der Waals surface area contributed by atoms with Crippen molar-refractivity contribution in [3.63, 3.8) is 0 Å². The van der Waals surface area contributed by atoms with Crippen molar-refractivity contribution in [1.82, 2.24) is 0 Å². The van der Waals surface area contributed by atoms with Crippen molar-refractivity contribution in [2.24, 2.45) is 11.8 Å². The smallest absolute Gasteiger partial charge is 0.307 e. The number of anilines is 2. The summed E-state index contributed by atoms with van der Waals surface area (Å²) < 4.78 is 0. The van der Waals surface area contributed by atoms with Gasteiger partial charge in [-0.15, -0.1) is 11.3 Å². The molecule has 26 heavy (non-hydrogen) atoms. The van der Waals surface area contributed by atoms with E-state index >= 15 is 0 Å². The van der Waals surface area contributed by atoms with E-state index in [0.29, 0.717) is 29.1 Å². The van der Waals surface area contributed by atoms with Crippen LogP contribution < -0.4 is 10.6 Å². The summed E-state index contributed by atoms with van der Waals surface area (Å²) in [6.45, 7) is 0. The molecule has 0 bridgehead atoms. The van der Waals surface area contributed by atoms with Gasteiger partial charge < -0.3 is 15.7 Å². The number of benzene rings is 1. The highest BCUT2D eigenvalue weighted by Crippen LogP contribution is 2.27. The van der Waals surface area contributed by atoms with Crippen LogP contribution in [0.1, 0.15) is 22.5 Å². The molecular weight excluding hydrogens is 352 g/mol. The zero-order valence-corrected chi connectivity index (χ0v) is 14.7. The van der Waals surface area contributed by atoms with Crippen molar-refractivity contribution in [2.45, 2.75) is 12.8 Å². The third-order valence-corrected chi connectivity index (χ3v) is 5.09. The maximum Gasteiger partial charge on any atom is 0.307 e. The number of carbonyl (C=O) groups is 3. The molecule has 7 heteroatoms. The fourth-order valence-corrected chi connectivity index (χ4v) is 3.51. The Balaban J connectivity index is 1.68. The predicted molar refractivity (Wildman–Crippen MR) is 100 cm³/mol. The largest absolute Gasteiger partial charge is 0.481 e. The third kappa shape index (κ3) is 4.18. The van der Waals surface area contributed by atoms with Gasteiger partial charge in [-0.05, 0) is 42.5 Å². The SMILES string of the molecule is O=C(Nc1cccc(NC(=O)C2CC=CCC2C(=O)O)c1)c1cccs1. The zero-order chi connectivity index (χ0) is 18.5. The van der Waals surface area contributed by atoms with Gasteiger partial charge in [-0.3, -0.25) is 14.4 Å². The van der Waals surface area contributed by atoms with Crippen LogP contribution in [0.15, 0.2) is 53.9 Å². The lowest BCUT2D eigenvalue weighted by molar-refractivity contribution is -0.146. The molecule has 0 saturated carbocycles. The summed E-state index contributed by atoms with van der Waals surface area (Å²) in [6, 6.07) is 10.3. The first-order chi connectivity index (χ1) is 12.5. The Kier molecular flexibility index (Phi) is 5.48. The molecule has 2 atom stereocenters. The van der Waals surface area contributed by atoms with Crippen molar-refractivity contribution in [1.29, 1.82) is 0 Å². The van der Waals surface area contributed by atoms with Crippen LogP contribution in [0.5, 0.6) is 0 Å². The lowest BCUT2D eigenvalue weighted by Gasteiger charge is -2.24. The lowest BCUT2D eigenvalue weighted by atomic mass is 9.82. The lowest BCUT2D eigenvalue weighted by Crippen LogP contribution is -2.34. The van der Waals surface area contributed by atoms with Crippen LogP contribution in [-0.4, -0.2) is 22.9 Å². The third-order valence-electron chi connectivity index (χ3n) is 4.22. The molecule has 1 aliphatic carbocycles. The van der Waals surface area contributed by atoms with Gasteiger partial charge in [-0.25, -0.2) is 0 Å². The molecule has 1 aliphatic rings. The summed E-state index contributed by atoms with van der Waals surface area (Å²) >= 11 is 1.34. The zero-order valence-electron chi connectivity index (χ0n) is 13.8. The van der Waals surface area contributed by atoms with Gasteiger partial charge in [0.15, 0.2) is 0 Å². The van der Waals surface area contributed by atoms with E-state index in [-0.39, 0.29) is 11.8 Å². The minimum absolute atomic E-state index is 0.216. The quantitative estimate of drug-likeness (QED) is 0.701. The molecule has 2 unspecified atom stereocenters. The molecule has 1 aromatic heterocycles. The van der Waals surface area contributed by atoms with Gasteiger partial charge in [0, 0.05) is 11.4 Å². The molecule has 0 saturated heterocycles. The normalized spacial score (nSPS) is 18.9. The fourth-order valence-electron chi connectivity index (χ4n) is 2.89. The van der Waals surface area contributed by atoms with E-state index in [1.807, 2.05) is 11.5 Å². The second kappa shape index (κ2) is 7.97. The average Bonchev–Trinajstić information content (AvgIpc) is 3.17. The molecule has 2 aromatic rings. The Morgan fingerprint density at radius 3 is 2.31 bits per heavy atom. The van der Waals surface area contributed by atoms with Gasteiger partial charge in [-0.1, -0.05) is 24.3 Å². The second-order valence-corrected chi connectivity index (χ2v) is 6.94. The Morgan fingerprint density at radius 1 is 0.962 bits per heavy atom. The number of amides is 2. The van der Waals surface area contributed by atoms with Crippen molar-refractivity contribution < 1.29 is 19.5 Å². The summed E-state index contributed by atoms with van der Waals surface area (Å²) in [5, 5.41) is 16.7. The highest BCUT2D eigenvalue weighted by molar-refractivity contribution is 7.12. The summed E-state index contributed by atoms with van der Waals surface area (Å²) in [5.41, 5.74) is 1.07. The van der Waals surface area contributed by atoms with Crippen molar-refractivity contribution in [2.75, 3.05) is 10.6 Å². The van der Waals surface area contributed by atoms with Crippen LogP contribution >= 0.6 is 11.3 Å². The molecule has 0 spiro atoms. The molecule has 2 amide bonds. The summed E-state index contributed by atoms with van der Waals surface area (Å²) in [5.74, 6) is -2.84. The topological polar surface area (TPSA) is 95.5 Å². The first-order valence-electron chi connectivity index (χ1n) is 8.18. The van der Waals surface area contributed by atoms with Crippen LogP contribution in [0, 0.1) is 11.8 Å². The average molecular weight is 370 g/mol. The number of aliphatic carboxylic acids is 1. The number of nitrogens with one attached hydrogen (secondary N) is 2. The molecule has 6 nitrogen and oxygen atoms in total. The number of carboxylic acid groups (broad SMARTS) is 1. The first-order valence-corrected chi connectivity index (χ1v) is 9.06. The maximum atomic E-state index is 12.5. The van der Waals surface area contributed by atoms with Gasteiger partial charge in [0.05, 0.1) is 16.7 Å². The van der Waals surface area contributed by atoms with Crippen molar-refractivity contribution >= 4 is 40.5 Å². The first kappa shape index (κ1) is 17.9. The van der Waals surface area contributed by atoms with E-state index < -0.39 is 17.8 Å². The number of hydrogen-bond acceptors (Lipinski definition) is 4. The molecule has 0 aliphatic heterocycles. The van der Waals surface area contributed by atoms with Gasteiger partial charge >= 0.3 is 5.97 Å². The Morgan fingerprint density at radius 2 is 1.65 bits per heavy atom. The molecule has 1 heterocycles. The molecule has 1 aromatic carbocycles. The highest BCUT2D eigenvalue weighted by atomic mass is 32.1. The van der Waals surface area contributed by atoms with Gasteiger partial charge in [-0.2, -0.15) is 0 Å². The number of carboxylic acids is 1. The Labute approximate surface area is 154 Å². The van der Waals surface area contributed by atoms with Gasteiger partial charge in [0.1, 0.15) is 0 Å². The molecule has 0 radical (unpaired) electrons. The minimum atomic E-state index is -0.966. The van der Waals surface area contributed by atoms with E-state index in [1.165, 1.54) is 11.3 Å². The summed E-state index contributed by atoms with van der Waals surface area (Å²) in [4.78, 5) is 36.6. The van der Waals surface area contributed by atoms with Crippen molar-refractivity contribution in [3.8, 4) is 0 Å². The van der Waals surface area contributed by atoms with E-state index in [4.69, 9.17) is 0 Å². The minimum Gasteiger partial charge on any atom is -0.481 e. The highest BCUT2D eigenvalue weighted by Gasteiger charge is 2.33. The molecule has 134 valence electrons. The number of thiophene rings is 1. The van der Waals surface area contributed by atoms with Crippen LogP contribution in [0.2, 0.25) is 0 Å². The van der Waals surface area contributed by atoms with Gasteiger partial charge in [0.2, 0.25) is 5.91 Å². The summed E-state index contributed by atoms with van der Waals surface area (Å²) in [6.07, 6.45) is 4.38. The van der Waals surface area contributed by atoms with E-state index in [2.05, 4.69) is 10.6 Å². The monoisotopic (exact) mass is 370 g/mol. The molecule has 0 fully saturated rings. The summed E-state index contributed by atoms with van der Waals surface area (Å²) in [7, 11) is 0. The van der Waals surface area contributed by atoms with E-state index in [9.17, 15) is 19.5 Å². The maximum absolute atomic E-state index is 12.5. The van der Waals surface area contributed by atoms with Crippen LogP contribution in [0.3, 0.4) is 0 Å². The Bertz CT molecular complexity index is 845. The van der Waals surface area contributed by atoms with Crippen LogP contribution in [-0.2, 0) is 9.59 Å². The molecule has 3 rings (SSSR count). The Hall–Kier alpha value is -2.93. The number of allylic oxidation sites excluding steroid dienone is 2. The predicted octanol–water partition coefficient (Wildman–Crippen LogP) is 3.61. The number of rotatable bonds is 5. The molecular formula is C19H18N2O4S. The van der Waals surface area contributed by atoms with Crippen LogP contribution in [0.25, 0.3) is 0 Å². The number of hydrogen-bond donors (Lipinski definition) is 3. The molecule has 3 N–H and O–H groups in total. The second-order valence-electron chi connectivity index (χ2n) is 6.00. The van der Waals surface area contributed by atoms with Gasteiger partial charge in [0.25, 0.3) is 5.91 Å². The standard InChI is InChI=1S/C19H18N2O4S/c22-17(14-7-1-2-8-15(14)19(24)25)20-12-5-3-6-13(11-12)21-18(23)16-9-4-10-26-16/h1-6,9-11,14-15H,7-8H2,(H,20,22)(H,21,23)(H,24,25). The fraction of sp³-hybridized carbons (Fsp3) is 0.211. The van der Waals surface area contributed by atoms with E-state index in [0.717, 1.165) is 0 Å². The number of carbonyl (C=O) groups excluding carboxylic acids is 2. The van der Waals surface area contributed by atoms with Crippen molar-refractivity contribution in [3.05, 3.63) is 58.8 Å². The van der Waals surface area contributed by atoms with E-state index in [1.54, 1.807) is 42.5 Å². The van der Waals surface area contributed by atoms with Crippen LogP contribution in [0.4, 0.5) is 11.4 Å².